The maximum absolute atomic E-state index is 12.9. The predicted octanol–water partition coefficient (Wildman–Crippen LogP) is 1.78. The Morgan fingerprint density at radius 1 is 0.935 bits per heavy atom. The molecule has 2 heterocycles. The number of rotatable bonds is 5. The molecule has 4 rings (SSSR count). The number of furan rings is 1. The minimum atomic E-state index is -1.19. The molecule has 4 aromatic rings. The first-order chi connectivity index (χ1) is 14.5. The summed E-state index contributed by atoms with van der Waals surface area (Å²) in [5.74, 6) is -1.52. The van der Waals surface area contributed by atoms with E-state index >= 15 is 0 Å². The molecule has 0 atom stereocenters. The van der Waals surface area contributed by atoms with E-state index in [-0.39, 0.29) is 53.5 Å². The molecule has 150 valence electrons. The van der Waals surface area contributed by atoms with Crippen LogP contribution in [0, 0.1) is 0 Å². The summed E-state index contributed by atoms with van der Waals surface area (Å²) in [6.45, 7) is 0. The van der Waals surface area contributed by atoms with Gasteiger partial charge in [-0.05, 0) is 48.0 Å². The van der Waals surface area contributed by atoms with Crippen molar-refractivity contribution in [2.45, 2.75) is 0 Å². The second-order valence-corrected chi connectivity index (χ2v) is 6.47. The molecule has 0 saturated heterocycles. The van der Waals surface area contributed by atoms with Crippen LogP contribution in [0.3, 0.4) is 0 Å². The van der Waals surface area contributed by atoms with Gasteiger partial charge in [-0.1, -0.05) is 18.2 Å². The van der Waals surface area contributed by atoms with E-state index in [2.05, 4.69) is 10.3 Å². The third-order valence-corrected chi connectivity index (χ3v) is 4.54. The van der Waals surface area contributed by atoms with Crippen LogP contribution >= 0.6 is 0 Å². The summed E-state index contributed by atoms with van der Waals surface area (Å²) in [6.07, 6.45) is 4.78. The van der Waals surface area contributed by atoms with Crippen LogP contribution in [0.25, 0.3) is 22.5 Å². The van der Waals surface area contributed by atoms with Crippen molar-refractivity contribution in [3.05, 3.63) is 90.4 Å². The van der Waals surface area contributed by atoms with Gasteiger partial charge >= 0.3 is 35.5 Å². The van der Waals surface area contributed by atoms with Gasteiger partial charge in [0, 0.05) is 23.5 Å². The fraction of sp³-hybridized carbons (Fsp3) is 0. The number of amides is 1. The largest absolute Gasteiger partial charge is 1.00 e. The third kappa shape index (κ3) is 4.86. The Bertz CT molecular complexity index is 1230. The second kappa shape index (κ2) is 9.61. The van der Waals surface area contributed by atoms with Gasteiger partial charge in [0.2, 0.25) is 0 Å². The maximum atomic E-state index is 12.9. The number of hydrogen-bond acceptors (Lipinski definition) is 5. The summed E-state index contributed by atoms with van der Waals surface area (Å²) in [4.78, 5) is 28.6. The van der Waals surface area contributed by atoms with Gasteiger partial charge in [-0.25, -0.2) is 4.79 Å². The molecule has 2 aromatic carbocycles. The van der Waals surface area contributed by atoms with E-state index in [0.29, 0.717) is 16.9 Å². The van der Waals surface area contributed by atoms with E-state index < -0.39 is 11.9 Å². The minimum absolute atomic E-state index is 0. The number of carbonyl (C=O) groups is 2. The molecule has 8 heteroatoms. The number of hydrogen-bond donors (Lipinski definition) is 3. The summed E-state index contributed by atoms with van der Waals surface area (Å²) in [5, 5.41) is 22.3. The van der Waals surface area contributed by atoms with Crippen molar-refractivity contribution >= 4 is 17.6 Å². The predicted molar refractivity (Wildman–Crippen MR) is 112 cm³/mol. The monoisotopic (exact) mass is 424 g/mol. The van der Waals surface area contributed by atoms with Gasteiger partial charge in [-0.2, -0.15) is 0 Å². The van der Waals surface area contributed by atoms with Crippen LogP contribution in [0.4, 0.5) is 5.69 Å². The molecule has 0 radical (unpaired) electrons. The average molecular weight is 424 g/mol. The fourth-order valence-electron chi connectivity index (χ4n) is 3.05. The second-order valence-electron chi connectivity index (χ2n) is 6.47. The van der Waals surface area contributed by atoms with Crippen LogP contribution in [-0.2, 0) is 0 Å². The van der Waals surface area contributed by atoms with Gasteiger partial charge in [0.05, 0.1) is 23.1 Å². The number of carboxylic acid groups (broad SMARTS) is 1. The fourth-order valence-corrected chi connectivity index (χ4v) is 3.05. The van der Waals surface area contributed by atoms with Crippen LogP contribution < -0.4 is 34.9 Å². The number of aromatic carboxylic acids is 1. The molecule has 0 aliphatic heterocycles. The first-order valence-electron chi connectivity index (χ1n) is 8.99. The third-order valence-electron chi connectivity index (χ3n) is 4.54. The topological polar surface area (TPSA) is 113 Å². The molecule has 0 bridgehead atoms. The van der Waals surface area contributed by atoms with Crippen molar-refractivity contribution < 1.29 is 55.2 Å². The number of anilines is 1. The van der Waals surface area contributed by atoms with Gasteiger partial charge in [0.25, 0.3) is 5.91 Å². The molecule has 0 aliphatic rings. The molecular formula is C23H17N2NaO5. The average Bonchev–Trinajstić information content (AvgIpc) is 3.29. The van der Waals surface area contributed by atoms with Crippen molar-refractivity contribution in [1.82, 2.24) is 4.98 Å². The van der Waals surface area contributed by atoms with Gasteiger partial charge in [0.15, 0.2) is 0 Å². The number of carbonyl (C=O) groups excluding carboxylic acids is 1. The Kier molecular flexibility index (Phi) is 6.91. The van der Waals surface area contributed by atoms with Crippen LogP contribution in [0.15, 0.2) is 83.7 Å². The molecule has 1 amide bonds. The molecule has 0 spiro atoms. The number of aromatic nitrogens is 1. The summed E-state index contributed by atoms with van der Waals surface area (Å²) in [7, 11) is 0. The van der Waals surface area contributed by atoms with Crippen molar-refractivity contribution in [2.75, 3.05) is 5.32 Å². The number of pyridine rings is 1. The van der Waals surface area contributed by atoms with Gasteiger partial charge in [-0.15, -0.1) is 0 Å². The SMILES string of the molecule is O=C(Nc1cc(-c2ccco2)ccc1C(=O)O)c1cc(-c2cccnc2)ccc1O.[H-].[Na+]. The number of nitrogens with zero attached hydrogens (tertiary/aromatic N) is 1. The van der Waals surface area contributed by atoms with E-state index in [1.54, 1.807) is 42.7 Å². The molecule has 0 saturated carbocycles. The molecule has 3 N–H and O–H groups in total. The van der Waals surface area contributed by atoms with Gasteiger partial charge in [-0.3, -0.25) is 9.78 Å². The van der Waals surface area contributed by atoms with Crippen LogP contribution in [-0.4, -0.2) is 27.1 Å². The van der Waals surface area contributed by atoms with E-state index in [0.717, 1.165) is 5.56 Å². The standard InChI is InChI=1S/C23H16N2O5.Na.H/c26-20-8-6-14(16-3-1-9-24-13-16)11-18(20)22(27)25-19-12-15(21-4-2-10-30-21)5-7-17(19)23(28)29;;/h1-13,26H,(H,25,27)(H,28,29);;/q;+1;-1. The Hall–Kier alpha value is -3.39. The number of phenols is 1. The minimum Gasteiger partial charge on any atom is -1.00 e. The molecule has 7 nitrogen and oxygen atoms in total. The van der Waals surface area contributed by atoms with E-state index in [1.807, 2.05) is 6.07 Å². The van der Waals surface area contributed by atoms with Crippen LogP contribution in [0.1, 0.15) is 22.1 Å². The van der Waals surface area contributed by atoms with Crippen LogP contribution in [0.2, 0.25) is 0 Å². The smallest absolute Gasteiger partial charge is 1.00 e. The van der Waals surface area contributed by atoms with E-state index in [9.17, 15) is 19.8 Å². The zero-order valence-electron chi connectivity index (χ0n) is 17.6. The molecule has 0 aliphatic carbocycles. The van der Waals surface area contributed by atoms with Crippen molar-refractivity contribution in [3.63, 3.8) is 0 Å². The van der Waals surface area contributed by atoms with Crippen LogP contribution in [0.5, 0.6) is 5.75 Å². The quantitative estimate of drug-likeness (QED) is 0.421. The van der Waals surface area contributed by atoms with E-state index in [4.69, 9.17) is 4.42 Å². The summed E-state index contributed by atoms with van der Waals surface area (Å²) >= 11 is 0. The molecular weight excluding hydrogens is 407 g/mol. The summed E-state index contributed by atoms with van der Waals surface area (Å²) < 4.78 is 5.34. The van der Waals surface area contributed by atoms with Gasteiger partial charge in [0.1, 0.15) is 11.5 Å². The Labute approximate surface area is 201 Å². The number of phenolic OH excluding ortho intramolecular Hbond substituents is 1. The number of carboxylic acids is 1. The normalized spacial score (nSPS) is 10.2. The number of nitrogens with one attached hydrogen (secondary N) is 1. The van der Waals surface area contributed by atoms with Crippen molar-refractivity contribution in [2.24, 2.45) is 0 Å². The Morgan fingerprint density at radius 3 is 2.42 bits per heavy atom. The zero-order valence-corrected chi connectivity index (χ0v) is 18.6. The van der Waals surface area contributed by atoms with Gasteiger partial charge < -0.3 is 21.4 Å². The zero-order chi connectivity index (χ0) is 21.1. The molecule has 0 fully saturated rings. The first kappa shape index (κ1) is 22.3. The molecule has 2 aromatic heterocycles. The van der Waals surface area contributed by atoms with Crippen molar-refractivity contribution in [3.8, 4) is 28.2 Å². The Balaban J connectivity index is 0.00000181. The van der Waals surface area contributed by atoms with Crippen molar-refractivity contribution in [1.29, 1.82) is 0 Å². The van der Waals surface area contributed by atoms with E-state index in [1.165, 1.54) is 30.5 Å². The number of aromatic hydroxyl groups is 1. The number of benzene rings is 2. The molecule has 31 heavy (non-hydrogen) atoms. The summed E-state index contributed by atoms with van der Waals surface area (Å²) in [6, 6.07) is 16.1. The summed E-state index contributed by atoms with van der Waals surface area (Å²) in [5.41, 5.74) is 2.09. The maximum Gasteiger partial charge on any atom is 1.00 e. The molecule has 0 unspecified atom stereocenters. The Morgan fingerprint density at radius 2 is 1.74 bits per heavy atom. The first-order valence-corrected chi connectivity index (χ1v) is 8.99.